The average Bonchev–Trinajstić information content (AvgIpc) is 2.75. The number of carbonyl (C=O) groups excluding carboxylic acids is 1. The summed E-state index contributed by atoms with van der Waals surface area (Å²) in [6.45, 7) is 5.55. The summed E-state index contributed by atoms with van der Waals surface area (Å²) >= 11 is 0. The Hall–Kier alpha value is -2.04. The van der Waals surface area contributed by atoms with Crippen molar-refractivity contribution in [2.24, 2.45) is 0 Å². The van der Waals surface area contributed by atoms with Gasteiger partial charge >= 0.3 is 5.76 Å². The molecule has 1 heterocycles. The molecule has 0 aliphatic carbocycles. The molecule has 5 nitrogen and oxygen atoms in total. The van der Waals surface area contributed by atoms with Crippen LogP contribution in [0, 0.1) is 0 Å². The molecule has 0 unspecified atom stereocenters. The number of benzene rings is 1. The largest absolute Gasteiger partial charge is 0.420 e. The predicted molar refractivity (Wildman–Crippen MR) is 77.6 cm³/mol. The molecule has 2 rings (SSSR count). The number of hydrogen-bond acceptors (Lipinski definition) is 3. The molecule has 0 atom stereocenters. The van der Waals surface area contributed by atoms with E-state index in [0.717, 1.165) is 25.9 Å². The molecule has 0 fully saturated rings. The second-order valence-electron chi connectivity index (χ2n) is 4.80. The van der Waals surface area contributed by atoms with Crippen molar-refractivity contribution in [3.05, 3.63) is 34.8 Å². The number of nitrogens with zero attached hydrogens (tertiary/aromatic N) is 2. The molecule has 0 bridgehead atoms. The molecule has 0 radical (unpaired) electrons. The fourth-order valence-electron chi connectivity index (χ4n) is 2.30. The highest BCUT2D eigenvalue weighted by Gasteiger charge is 2.16. The second-order valence-corrected chi connectivity index (χ2v) is 4.80. The van der Waals surface area contributed by atoms with Gasteiger partial charge in [-0.1, -0.05) is 26.0 Å². The molecule has 0 aliphatic rings. The summed E-state index contributed by atoms with van der Waals surface area (Å²) in [7, 11) is 0. The molecule has 0 saturated heterocycles. The molecule has 0 N–H and O–H groups in total. The van der Waals surface area contributed by atoms with Crippen molar-refractivity contribution >= 4 is 17.0 Å². The number of fused-ring (bicyclic) bond motifs is 1. The zero-order chi connectivity index (χ0) is 14.5. The van der Waals surface area contributed by atoms with Crippen molar-refractivity contribution in [2.75, 3.05) is 13.1 Å². The smallest absolute Gasteiger partial charge is 0.408 e. The van der Waals surface area contributed by atoms with Crippen LogP contribution in [0.5, 0.6) is 0 Å². The number of oxazole rings is 1. The van der Waals surface area contributed by atoms with Gasteiger partial charge in [0.2, 0.25) is 5.91 Å². The van der Waals surface area contributed by atoms with Gasteiger partial charge in [-0.25, -0.2) is 4.79 Å². The van der Waals surface area contributed by atoms with Crippen LogP contribution in [-0.4, -0.2) is 28.5 Å². The van der Waals surface area contributed by atoms with Gasteiger partial charge in [0.05, 0.1) is 5.52 Å². The molecule has 5 heteroatoms. The van der Waals surface area contributed by atoms with Crippen LogP contribution in [0.15, 0.2) is 33.5 Å². The molecule has 0 spiro atoms. The Balaban J connectivity index is 2.24. The van der Waals surface area contributed by atoms with Gasteiger partial charge in [-0.05, 0) is 25.0 Å². The monoisotopic (exact) mass is 276 g/mol. The maximum atomic E-state index is 12.3. The van der Waals surface area contributed by atoms with Crippen molar-refractivity contribution in [1.82, 2.24) is 9.47 Å². The van der Waals surface area contributed by atoms with Crippen molar-refractivity contribution < 1.29 is 9.21 Å². The first-order valence-corrected chi connectivity index (χ1v) is 7.03. The van der Waals surface area contributed by atoms with Crippen LogP contribution >= 0.6 is 0 Å². The molecule has 20 heavy (non-hydrogen) atoms. The minimum Gasteiger partial charge on any atom is -0.408 e. The molecule has 0 saturated carbocycles. The van der Waals surface area contributed by atoms with E-state index < -0.39 is 5.76 Å². The maximum Gasteiger partial charge on any atom is 0.420 e. The number of para-hydroxylation sites is 2. The van der Waals surface area contributed by atoms with Crippen LogP contribution in [0.4, 0.5) is 0 Å². The van der Waals surface area contributed by atoms with E-state index in [1.807, 2.05) is 19.9 Å². The van der Waals surface area contributed by atoms with Crippen LogP contribution < -0.4 is 5.76 Å². The zero-order valence-electron chi connectivity index (χ0n) is 12.0. The van der Waals surface area contributed by atoms with Crippen LogP contribution in [0.25, 0.3) is 11.1 Å². The number of rotatable bonds is 6. The van der Waals surface area contributed by atoms with Gasteiger partial charge in [0, 0.05) is 13.1 Å². The summed E-state index contributed by atoms with van der Waals surface area (Å²) in [6.07, 6.45) is 1.82. The highest BCUT2D eigenvalue weighted by atomic mass is 16.4. The lowest BCUT2D eigenvalue weighted by Gasteiger charge is -2.21. The summed E-state index contributed by atoms with van der Waals surface area (Å²) < 4.78 is 6.54. The van der Waals surface area contributed by atoms with E-state index in [-0.39, 0.29) is 12.5 Å². The first kappa shape index (κ1) is 14.4. The maximum absolute atomic E-state index is 12.3. The Labute approximate surface area is 117 Å². The molecular formula is C15H20N2O3. The van der Waals surface area contributed by atoms with Gasteiger partial charge in [0.15, 0.2) is 5.58 Å². The van der Waals surface area contributed by atoms with E-state index in [2.05, 4.69) is 0 Å². The van der Waals surface area contributed by atoms with Crippen LogP contribution in [0.2, 0.25) is 0 Å². The Bertz CT molecular complexity index is 636. The van der Waals surface area contributed by atoms with Crippen molar-refractivity contribution in [2.45, 2.75) is 33.2 Å². The van der Waals surface area contributed by atoms with Gasteiger partial charge in [0.1, 0.15) is 6.54 Å². The molecule has 1 amide bonds. The SMILES string of the molecule is CCCN(CCC)C(=O)Cn1c(=O)oc2ccccc21. The van der Waals surface area contributed by atoms with Gasteiger partial charge in [-0.15, -0.1) is 0 Å². The second kappa shape index (κ2) is 6.41. The zero-order valence-corrected chi connectivity index (χ0v) is 12.0. The van der Waals surface area contributed by atoms with Gasteiger partial charge in [-0.3, -0.25) is 9.36 Å². The first-order chi connectivity index (χ1) is 9.67. The lowest BCUT2D eigenvalue weighted by atomic mass is 10.3. The molecule has 2 aromatic rings. The predicted octanol–water partition coefficient (Wildman–Crippen LogP) is 2.24. The normalized spacial score (nSPS) is 10.9. The fraction of sp³-hybridized carbons (Fsp3) is 0.467. The van der Waals surface area contributed by atoms with Crippen molar-refractivity contribution in [1.29, 1.82) is 0 Å². The lowest BCUT2D eigenvalue weighted by Crippen LogP contribution is -2.36. The first-order valence-electron chi connectivity index (χ1n) is 7.03. The van der Waals surface area contributed by atoms with Crippen LogP contribution in [-0.2, 0) is 11.3 Å². The van der Waals surface area contributed by atoms with E-state index in [9.17, 15) is 9.59 Å². The summed E-state index contributed by atoms with van der Waals surface area (Å²) in [5, 5.41) is 0. The Kier molecular flexibility index (Phi) is 4.61. The molecule has 108 valence electrons. The average molecular weight is 276 g/mol. The number of aromatic nitrogens is 1. The third-order valence-electron chi connectivity index (χ3n) is 3.21. The van der Waals surface area contributed by atoms with Gasteiger partial charge in [-0.2, -0.15) is 0 Å². The van der Waals surface area contributed by atoms with E-state index >= 15 is 0 Å². The van der Waals surface area contributed by atoms with E-state index in [1.165, 1.54) is 4.57 Å². The summed E-state index contributed by atoms with van der Waals surface area (Å²) in [6, 6.07) is 7.15. The third kappa shape index (κ3) is 2.92. The van der Waals surface area contributed by atoms with E-state index in [4.69, 9.17) is 4.42 Å². The molecule has 1 aromatic carbocycles. The summed E-state index contributed by atoms with van der Waals surface area (Å²) in [5.41, 5.74) is 1.18. The highest BCUT2D eigenvalue weighted by molar-refractivity contribution is 5.79. The summed E-state index contributed by atoms with van der Waals surface area (Å²) in [5.74, 6) is -0.519. The van der Waals surface area contributed by atoms with Crippen LogP contribution in [0.3, 0.4) is 0 Å². The minimum atomic E-state index is -0.479. The fourth-order valence-corrected chi connectivity index (χ4v) is 2.30. The lowest BCUT2D eigenvalue weighted by molar-refractivity contribution is -0.132. The Morgan fingerprint density at radius 2 is 1.85 bits per heavy atom. The molecular weight excluding hydrogens is 256 g/mol. The topological polar surface area (TPSA) is 55.5 Å². The van der Waals surface area contributed by atoms with Gasteiger partial charge < -0.3 is 9.32 Å². The Morgan fingerprint density at radius 1 is 1.20 bits per heavy atom. The number of amides is 1. The third-order valence-corrected chi connectivity index (χ3v) is 3.21. The van der Waals surface area contributed by atoms with Crippen molar-refractivity contribution in [3.8, 4) is 0 Å². The van der Waals surface area contributed by atoms with E-state index in [1.54, 1.807) is 23.1 Å². The quantitative estimate of drug-likeness (QED) is 0.813. The highest BCUT2D eigenvalue weighted by Crippen LogP contribution is 2.12. The molecule has 0 aliphatic heterocycles. The number of carbonyl (C=O) groups is 1. The van der Waals surface area contributed by atoms with Crippen LogP contribution in [0.1, 0.15) is 26.7 Å². The van der Waals surface area contributed by atoms with Crippen molar-refractivity contribution in [3.63, 3.8) is 0 Å². The molecule has 1 aromatic heterocycles. The Morgan fingerprint density at radius 3 is 2.50 bits per heavy atom. The minimum absolute atomic E-state index is 0.0375. The number of hydrogen-bond donors (Lipinski definition) is 0. The standard InChI is InChI=1S/C15H20N2O3/c1-3-9-16(10-4-2)14(18)11-17-12-7-5-6-8-13(12)20-15(17)19/h5-8H,3-4,9-11H2,1-2H3. The van der Waals surface area contributed by atoms with Gasteiger partial charge in [0.25, 0.3) is 0 Å². The van der Waals surface area contributed by atoms with E-state index in [0.29, 0.717) is 11.1 Å². The summed E-state index contributed by atoms with van der Waals surface area (Å²) in [4.78, 5) is 25.9.